The third kappa shape index (κ3) is 6.57. The number of rotatable bonds is 10. The first kappa shape index (κ1) is 24.4. The topological polar surface area (TPSA) is 29.5 Å². The molecule has 0 amide bonds. The van der Waals surface area contributed by atoms with Gasteiger partial charge in [0.05, 0.1) is 6.10 Å². The van der Waals surface area contributed by atoms with E-state index in [0.717, 1.165) is 38.5 Å². The van der Waals surface area contributed by atoms with Crippen molar-refractivity contribution in [3.05, 3.63) is 60.7 Å². The molecule has 2 nitrogen and oxygen atoms in total. The maximum atomic E-state index is 9.79. The lowest BCUT2D eigenvalue weighted by atomic mass is 10.1. The molecule has 0 heterocycles. The molecule has 2 rings (SSSR count). The summed E-state index contributed by atoms with van der Waals surface area (Å²) in [5.41, 5.74) is 0. The van der Waals surface area contributed by atoms with Gasteiger partial charge in [-0.25, -0.2) is 0 Å². The van der Waals surface area contributed by atoms with Crippen molar-refractivity contribution in [1.29, 1.82) is 0 Å². The van der Waals surface area contributed by atoms with Crippen molar-refractivity contribution in [2.24, 2.45) is 0 Å². The summed E-state index contributed by atoms with van der Waals surface area (Å²) >= 11 is 0. The summed E-state index contributed by atoms with van der Waals surface area (Å²) < 4.78 is 6.87. The van der Waals surface area contributed by atoms with Crippen LogP contribution in [0.15, 0.2) is 60.7 Å². The fraction of sp³-hybridized carbons (Fsp3) is 0.481. The minimum absolute atomic E-state index is 0.0107. The summed E-state index contributed by atoms with van der Waals surface area (Å²) in [6.07, 6.45) is 5.00. The van der Waals surface area contributed by atoms with Crippen LogP contribution in [-0.2, 0) is 4.43 Å². The Morgan fingerprint density at radius 3 is 1.90 bits per heavy atom. The highest BCUT2D eigenvalue weighted by atomic mass is 28.4. The third-order valence-corrected chi connectivity index (χ3v) is 10.6. The monoisotopic (exact) mass is 422 g/mol. The summed E-state index contributed by atoms with van der Waals surface area (Å²) in [5, 5.41) is 12.4. The molecule has 30 heavy (non-hydrogen) atoms. The zero-order chi connectivity index (χ0) is 21.9. The van der Waals surface area contributed by atoms with Crippen molar-refractivity contribution < 1.29 is 9.53 Å². The highest BCUT2D eigenvalue weighted by Gasteiger charge is 2.49. The molecule has 0 aliphatic rings. The first-order valence-corrected chi connectivity index (χ1v) is 13.2. The van der Waals surface area contributed by atoms with Crippen LogP contribution >= 0.6 is 0 Å². The normalized spacial score (nSPS) is 12.8. The minimum Gasteiger partial charge on any atom is -0.407 e. The Labute approximate surface area is 184 Å². The lowest BCUT2D eigenvalue weighted by Crippen LogP contribution is -2.66. The van der Waals surface area contributed by atoms with Gasteiger partial charge in [0.2, 0.25) is 0 Å². The molecular formula is C27H38O2Si. The van der Waals surface area contributed by atoms with Crippen LogP contribution < -0.4 is 10.4 Å². The van der Waals surface area contributed by atoms with Crippen molar-refractivity contribution in [2.75, 3.05) is 6.61 Å². The van der Waals surface area contributed by atoms with Crippen LogP contribution in [0.25, 0.3) is 0 Å². The summed E-state index contributed by atoms with van der Waals surface area (Å²) in [4.78, 5) is 0. The van der Waals surface area contributed by atoms with Gasteiger partial charge >= 0.3 is 0 Å². The van der Waals surface area contributed by atoms with Crippen molar-refractivity contribution in [3.8, 4) is 11.8 Å². The molecule has 0 saturated carbocycles. The Balaban J connectivity index is 2.07. The molecule has 3 heteroatoms. The fourth-order valence-electron chi connectivity index (χ4n) is 4.04. The van der Waals surface area contributed by atoms with Crippen molar-refractivity contribution in [2.45, 2.75) is 77.4 Å². The van der Waals surface area contributed by atoms with E-state index in [4.69, 9.17) is 4.43 Å². The van der Waals surface area contributed by atoms with Gasteiger partial charge in [0.15, 0.2) is 0 Å². The first-order valence-electron chi connectivity index (χ1n) is 11.3. The van der Waals surface area contributed by atoms with Crippen LogP contribution in [0.5, 0.6) is 0 Å². The molecule has 0 radical (unpaired) electrons. The smallest absolute Gasteiger partial charge is 0.261 e. The Morgan fingerprint density at radius 1 is 0.867 bits per heavy atom. The van der Waals surface area contributed by atoms with Crippen LogP contribution in [0.3, 0.4) is 0 Å². The van der Waals surface area contributed by atoms with E-state index in [1.54, 1.807) is 0 Å². The Morgan fingerprint density at radius 2 is 1.40 bits per heavy atom. The number of aliphatic hydroxyl groups is 1. The second-order valence-corrected chi connectivity index (χ2v) is 13.3. The SMILES string of the molecule is CCC[C@H](O)CCC#CCCCO[Si](c1ccccc1)(c1ccccc1)C(C)(C)C. The van der Waals surface area contributed by atoms with E-state index in [-0.39, 0.29) is 11.1 Å². The van der Waals surface area contributed by atoms with Crippen LogP contribution in [0.4, 0.5) is 0 Å². The molecule has 0 spiro atoms. The fourth-order valence-corrected chi connectivity index (χ4v) is 8.65. The largest absolute Gasteiger partial charge is 0.407 e. The Hall–Kier alpha value is -1.86. The molecule has 0 aromatic heterocycles. The molecule has 2 aromatic carbocycles. The van der Waals surface area contributed by atoms with Gasteiger partial charge in [0.1, 0.15) is 0 Å². The van der Waals surface area contributed by atoms with E-state index in [9.17, 15) is 5.11 Å². The highest BCUT2D eigenvalue weighted by molar-refractivity contribution is 6.99. The van der Waals surface area contributed by atoms with E-state index in [1.807, 2.05) is 0 Å². The molecule has 1 N–H and O–H groups in total. The predicted octanol–water partition coefficient (Wildman–Crippen LogP) is 5.29. The maximum Gasteiger partial charge on any atom is 0.261 e. The van der Waals surface area contributed by atoms with Gasteiger partial charge in [0.25, 0.3) is 8.32 Å². The van der Waals surface area contributed by atoms with Gasteiger partial charge < -0.3 is 9.53 Å². The average Bonchev–Trinajstić information content (AvgIpc) is 2.73. The Kier molecular flexibility index (Phi) is 9.85. The molecule has 2 aromatic rings. The van der Waals surface area contributed by atoms with Crippen molar-refractivity contribution >= 4 is 18.7 Å². The van der Waals surface area contributed by atoms with Crippen LogP contribution in [0.1, 0.15) is 66.2 Å². The van der Waals surface area contributed by atoms with Crippen LogP contribution in [0.2, 0.25) is 5.04 Å². The quantitative estimate of drug-likeness (QED) is 0.320. The lowest BCUT2D eigenvalue weighted by Gasteiger charge is -2.43. The molecule has 0 saturated heterocycles. The second kappa shape index (κ2) is 12.1. The summed E-state index contributed by atoms with van der Waals surface area (Å²) in [5.74, 6) is 6.47. The summed E-state index contributed by atoms with van der Waals surface area (Å²) in [7, 11) is -2.43. The third-order valence-electron chi connectivity index (χ3n) is 5.53. The van der Waals surface area contributed by atoms with Gasteiger partial charge in [-0.2, -0.15) is 0 Å². The van der Waals surface area contributed by atoms with E-state index in [2.05, 4.69) is 100 Å². The summed E-state index contributed by atoms with van der Waals surface area (Å²) in [6, 6.07) is 21.5. The van der Waals surface area contributed by atoms with Gasteiger partial charge in [-0.1, -0.05) is 94.8 Å². The maximum absolute atomic E-state index is 9.79. The molecule has 0 bridgehead atoms. The van der Waals surface area contributed by atoms with Gasteiger partial charge in [-0.05, 0) is 34.7 Å². The predicted molar refractivity (Wildman–Crippen MR) is 131 cm³/mol. The first-order chi connectivity index (χ1) is 14.4. The zero-order valence-corrected chi connectivity index (χ0v) is 20.2. The highest BCUT2D eigenvalue weighted by Crippen LogP contribution is 2.36. The second-order valence-electron chi connectivity index (χ2n) is 8.95. The number of benzene rings is 2. The number of aliphatic hydroxyl groups excluding tert-OH is 1. The van der Waals surface area contributed by atoms with Crippen molar-refractivity contribution in [3.63, 3.8) is 0 Å². The van der Waals surface area contributed by atoms with E-state index < -0.39 is 8.32 Å². The van der Waals surface area contributed by atoms with Crippen molar-refractivity contribution in [1.82, 2.24) is 0 Å². The summed E-state index contributed by atoms with van der Waals surface area (Å²) in [6.45, 7) is 9.73. The Bertz CT molecular complexity index is 745. The van der Waals surface area contributed by atoms with E-state index in [1.165, 1.54) is 10.4 Å². The molecule has 0 aliphatic heterocycles. The zero-order valence-electron chi connectivity index (χ0n) is 19.2. The average molecular weight is 423 g/mol. The molecule has 1 atom stereocenters. The number of hydrogen-bond donors (Lipinski definition) is 1. The lowest BCUT2D eigenvalue weighted by molar-refractivity contribution is 0.155. The molecule has 0 aliphatic carbocycles. The van der Waals surface area contributed by atoms with Gasteiger partial charge in [-0.3, -0.25) is 0 Å². The molecule has 0 unspecified atom stereocenters. The standard InChI is InChI=1S/C27H38O2Si/c1-5-17-24(28)18-11-7-6-8-16-23-29-30(27(2,3)4,25-19-12-9-13-20-25)26-21-14-10-15-22-26/h9-10,12-15,19-22,24,28H,5,8,11,16-18,23H2,1-4H3/t24-/m0/s1. The number of unbranched alkanes of at least 4 members (excludes halogenated alkanes) is 1. The van der Waals surface area contributed by atoms with Gasteiger partial charge in [0, 0.05) is 19.4 Å². The molecular weight excluding hydrogens is 384 g/mol. The van der Waals surface area contributed by atoms with Crippen LogP contribution in [-0.4, -0.2) is 26.1 Å². The minimum atomic E-state index is -2.43. The van der Waals surface area contributed by atoms with E-state index in [0.29, 0.717) is 6.61 Å². The molecule has 0 fully saturated rings. The van der Waals surface area contributed by atoms with E-state index >= 15 is 0 Å². The molecule has 162 valence electrons. The number of hydrogen-bond acceptors (Lipinski definition) is 2. The van der Waals surface area contributed by atoms with Crippen LogP contribution in [0, 0.1) is 11.8 Å². The van der Waals surface area contributed by atoms with Gasteiger partial charge in [-0.15, -0.1) is 11.8 Å².